The Morgan fingerprint density at radius 2 is 1.73 bits per heavy atom. The van der Waals surface area contributed by atoms with E-state index in [-0.39, 0.29) is 0 Å². The van der Waals surface area contributed by atoms with Crippen molar-refractivity contribution in [1.82, 2.24) is 4.98 Å². The third-order valence-corrected chi connectivity index (χ3v) is 2.69. The van der Waals surface area contributed by atoms with E-state index in [0.717, 1.165) is 24.5 Å². The molecule has 0 N–H and O–H groups in total. The number of aryl methyl sites for hydroxylation is 2. The van der Waals surface area contributed by atoms with Crippen molar-refractivity contribution < 1.29 is 4.74 Å². The van der Waals surface area contributed by atoms with Gasteiger partial charge in [0.15, 0.2) is 0 Å². The predicted octanol–water partition coefficient (Wildman–Crippen LogP) is 2.97. The summed E-state index contributed by atoms with van der Waals surface area (Å²) < 4.78 is 5.79. The number of hydrogen-bond acceptors (Lipinski definition) is 2. The molecular formula is C13H11NO. The maximum atomic E-state index is 5.79. The Hall–Kier alpha value is -1.83. The molecule has 15 heavy (non-hydrogen) atoms. The molecule has 1 aromatic heterocycles. The highest BCUT2D eigenvalue weighted by Gasteiger charge is 2.13. The normalized spacial score (nSPS) is 13.3. The van der Waals surface area contributed by atoms with E-state index in [9.17, 15) is 0 Å². The molecule has 2 aromatic rings. The molecule has 0 amide bonds. The topological polar surface area (TPSA) is 22.1 Å². The van der Waals surface area contributed by atoms with Crippen LogP contribution < -0.4 is 4.74 Å². The maximum Gasteiger partial charge on any atom is 0.222 e. The van der Waals surface area contributed by atoms with Crippen molar-refractivity contribution in [1.29, 1.82) is 0 Å². The Bertz CT molecular complexity index is 448. The molecule has 0 spiro atoms. The van der Waals surface area contributed by atoms with E-state index < -0.39 is 0 Å². The average molecular weight is 197 g/mol. The smallest absolute Gasteiger partial charge is 0.222 e. The van der Waals surface area contributed by atoms with E-state index in [4.69, 9.17) is 4.74 Å². The van der Waals surface area contributed by atoms with Gasteiger partial charge in [-0.05, 0) is 30.5 Å². The van der Waals surface area contributed by atoms with Crippen molar-refractivity contribution >= 4 is 0 Å². The van der Waals surface area contributed by atoms with E-state index >= 15 is 0 Å². The number of hydrogen-bond donors (Lipinski definition) is 0. The standard InChI is InChI=1S/C13H11NO/c1-2-6-12-10(4-1)7-8-11-5-3-9-14-13(11)15-12/h1-6,9H,7-8H2. The largest absolute Gasteiger partial charge is 0.438 e. The van der Waals surface area contributed by atoms with Crippen LogP contribution in [0.4, 0.5) is 0 Å². The molecule has 1 aliphatic heterocycles. The lowest BCUT2D eigenvalue weighted by atomic mass is 10.1. The molecular weight excluding hydrogens is 186 g/mol. The number of para-hydroxylation sites is 1. The third-order valence-electron chi connectivity index (χ3n) is 2.69. The van der Waals surface area contributed by atoms with Gasteiger partial charge in [-0.25, -0.2) is 4.98 Å². The number of benzene rings is 1. The lowest BCUT2D eigenvalue weighted by molar-refractivity contribution is 0.459. The first-order valence-corrected chi connectivity index (χ1v) is 5.13. The van der Waals surface area contributed by atoms with Gasteiger partial charge in [-0.1, -0.05) is 24.3 Å². The van der Waals surface area contributed by atoms with Crippen molar-refractivity contribution in [2.24, 2.45) is 0 Å². The van der Waals surface area contributed by atoms with E-state index in [2.05, 4.69) is 17.1 Å². The lowest BCUT2D eigenvalue weighted by Crippen LogP contribution is -1.90. The van der Waals surface area contributed by atoms with Gasteiger partial charge in [-0.15, -0.1) is 0 Å². The van der Waals surface area contributed by atoms with Crippen LogP contribution in [0, 0.1) is 0 Å². The number of fused-ring (bicyclic) bond motifs is 2. The number of aromatic nitrogens is 1. The highest BCUT2D eigenvalue weighted by Crippen LogP contribution is 2.31. The fourth-order valence-corrected chi connectivity index (χ4v) is 1.89. The maximum absolute atomic E-state index is 5.79. The number of rotatable bonds is 0. The number of ether oxygens (including phenoxy) is 1. The van der Waals surface area contributed by atoms with Crippen LogP contribution in [0.25, 0.3) is 0 Å². The molecule has 1 aliphatic rings. The Morgan fingerprint density at radius 3 is 2.73 bits per heavy atom. The second-order valence-electron chi connectivity index (χ2n) is 3.68. The summed E-state index contributed by atoms with van der Waals surface area (Å²) in [6.45, 7) is 0. The SMILES string of the molecule is c1ccc2c(c1)CCc1cccnc1O2. The first-order valence-electron chi connectivity index (χ1n) is 5.13. The van der Waals surface area contributed by atoms with Gasteiger partial charge in [-0.3, -0.25) is 0 Å². The van der Waals surface area contributed by atoms with Crippen LogP contribution in [0.2, 0.25) is 0 Å². The summed E-state index contributed by atoms with van der Waals surface area (Å²) in [7, 11) is 0. The zero-order valence-electron chi connectivity index (χ0n) is 8.31. The molecule has 2 nitrogen and oxygen atoms in total. The third kappa shape index (κ3) is 1.48. The van der Waals surface area contributed by atoms with Gasteiger partial charge >= 0.3 is 0 Å². The van der Waals surface area contributed by atoms with Crippen molar-refractivity contribution in [2.45, 2.75) is 12.8 Å². The van der Waals surface area contributed by atoms with Crippen LogP contribution in [0.15, 0.2) is 42.6 Å². The van der Waals surface area contributed by atoms with Gasteiger partial charge in [0.25, 0.3) is 0 Å². The molecule has 0 bridgehead atoms. The minimum Gasteiger partial charge on any atom is -0.438 e. The monoisotopic (exact) mass is 197 g/mol. The second-order valence-corrected chi connectivity index (χ2v) is 3.68. The first-order chi connectivity index (χ1) is 7.43. The van der Waals surface area contributed by atoms with Gasteiger partial charge in [-0.2, -0.15) is 0 Å². The summed E-state index contributed by atoms with van der Waals surface area (Å²) in [4.78, 5) is 4.26. The van der Waals surface area contributed by atoms with Gasteiger partial charge in [0.1, 0.15) is 5.75 Å². The van der Waals surface area contributed by atoms with Gasteiger partial charge in [0.2, 0.25) is 5.88 Å². The predicted molar refractivity (Wildman–Crippen MR) is 58.2 cm³/mol. The fourth-order valence-electron chi connectivity index (χ4n) is 1.89. The molecule has 0 atom stereocenters. The zero-order valence-corrected chi connectivity index (χ0v) is 8.31. The molecule has 2 heterocycles. The number of pyridine rings is 1. The van der Waals surface area contributed by atoms with Crippen LogP contribution in [0.5, 0.6) is 11.6 Å². The van der Waals surface area contributed by atoms with Crippen LogP contribution >= 0.6 is 0 Å². The van der Waals surface area contributed by atoms with E-state index in [1.165, 1.54) is 11.1 Å². The molecule has 74 valence electrons. The molecule has 0 fully saturated rings. The first kappa shape index (κ1) is 8.48. The van der Waals surface area contributed by atoms with Crippen molar-refractivity contribution in [3.63, 3.8) is 0 Å². The van der Waals surface area contributed by atoms with E-state index in [1.807, 2.05) is 24.3 Å². The summed E-state index contributed by atoms with van der Waals surface area (Å²) in [5, 5.41) is 0. The average Bonchev–Trinajstić information content (AvgIpc) is 2.48. The van der Waals surface area contributed by atoms with Gasteiger partial charge < -0.3 is 4.74 Å². The van der Waals surface area contributed by atoms with E-state index in [1.54, 1.807) is 6.20 Å². The molecule has 0 saturated heterocycles. The van der Waals surface area contributed by atoms with Crippen molar-refractivity contribution in [3.05, 3.63) is 53.7 Å². The van der Waals surface area contributed by atoms with Crippen molar-refractivity contribution in [3.8, 4) is 11.6 Å². The molecule has 0 radical (unpaired) electrons. The Labute approximate surface area is 88.5 Å². The van der Waals surface area contributed by atoms with Crippen LogP contribution in [0.1, 0.15) is 11.1 Å². The minimum atomic E-state index is 0.752. The van der Waals surface area contributed by atoms with Crippen molar-refractivity contribution in [2.75, 3.05) is 0 Å². The highest BCUT2D eigenvalue weighted by atomic mass is 16.5. The lowest BCUT2D eigenvalue weighted by Gasteiger charge is -2.06. The summed E-state index contributed by atoms with van der Waals surface area (Å²) >= 11 is 0. The summed E-state index contributed by atoms with van der Waals surface area (Å²) in [6, 6.07) is 12.2. The Balaban J connectivity index is 2.10. The molecule has 3 rings (SSSR count). The quantitative estimate of drug-likeness (QED) is 0.647. The zero-order chi connectivity index (χ0) is 10.1. The molecule has 0 aliphatic carbocycles. The van der Waals surface area contributed by atoms with Gasteiger partial charge in [0, 0.05) is 11.8 Å². The second kappa shape index (κ2) is 3.39. The summed E-state index contributed by atoms with van der Waals surface area (Å²) in [5.74, 6) is 1.69. The highest BCUT2D eigenvalue weighted by molar-refractivity contribution is 5.41. The fraction of sp³-hybridized carbons (Fsp3) is 0.154. The van der Waals surface area contributed by atoms with E-state index in [0.29, 0.717) is 0 Å². The summed E-state index contributed by atoms with van der Waals surface area (Å²) in [6.07, 6.45) is 3.79. The Morgan fingerprint density at radius 1 is 0.933 bits per heavy atom. The molecule has 2 heteroatoms. The molecule has 1 aromatic carbocycles. The minimum absolute atomic E-state index is 0.752. The van der Waals surface area contributed by atoms with Gasteiger partial charge in [0.05, 0.1) is 0 Å². The van der Waals surface area contributed by atoms with Crippen LogP contribution in [-0.2, 0) is 12.8 Å². The molecule has 0 unspecified atom stereocenters. The number of nitrogens with zero attached hydrogens (tertiary/aromatic N) is 1. The molecule has 0 saturated carbocycles. The summed E-state index contributed by atoms with van der Waals surface area (Å²) in [5.41, 5.74) is 2.45. The van der Waals surface area contributed by atoms with Crippen LogP contribution in [0.3, 0.4) is 0 Å². The Kier molecular flexibility index (Phi) is 1.91. The van der Waals surface area contributed by atoms with Crippen LogP contribution in [-0.4, -0.2) is 4.98 Å².